The van der Waals surface area contributed by atoms with E-state index in [9.17, 15) is 4.39 Å². The molecule has 0 atom stereocenters. The topological polar surface area (TPSA) is 39.9 Å². The van der Waals surface area contributed by atoms with Gasteiger partial charge in [0.15, 0.2) is 0 Å². The van der Waals surface area contributed by atoms with Crippen molar-refractivity contribution in [2.75, 3.05) is 7.11 Å². The van der Waals surface area contributed by atoms with Crippen molar-refractivity contribution in [2.45, 2.75) is 5.88 Å². The molecule has 4 nitrogen and oxygen atoms in total. The third-order valence-electron chi connectivity index (χ3n) is 3.26. The van der Waals surface area contributed by atoms with Crippen LogP contribution in [0, 0.1) is 5.82 Å². The SMILES string of the molecule is COc1cccc(-c2c(CCl)nnn2-c2cccc(F)c2)c1. The second-order valence-electron chi connectivity index (χ2n) is 4.64. The average molecular weight is 318 g/mol. The van der Waals surface area contributed by atoms with Crippen LogP contribution in [0.1, 0.15) is 5.69 Å². The summed E-state index contributed by atoms with van der Waals surface area (Å²) < 4.78 is 20.3. The summed E-state index contributed by atoms with van der Waals surface area (Å²) in [5.41, 5.74) is 2.78. The molecule has 22 heavy (non-hydrogen) atoms. The van der Waals surface area contributed by atoms with E-state index >= 15 is 0 Å². The molecule has 1 heterocycles. The predicted octanol–water partition coefficient (Wildman–Crippen LogP) is 3.82. The maximum Gasteiger partial charge on any atom is 0.125 e. The molecule has 0 aliphatic heterocycles. The normalized spacial score (nSPS) is 10.7. The fraction of sp³-hybridized carbons (Fsp3) is 0.125. The molecule has 3 rings (SSSR count). The Kier molecular flexibility index (Phi) is 4.06. The van der Waals surface area contributed by atoms with E-state index in [2.05, 4.69) is 10.3 Å². The highest BCUT2D eigenvalue weighted by Crippen LogP contribution is 2.29. The zero-order chi connectivity index (χ0) is 15.5. The molecule has 0 fully saturated rings. The smallest absolute Gasteiger partial charge is 0.125 e. The van der Waals surface area contributed by atoms with Crippen LogP contribution in [0.5, 0.6) is 5.75 Å². The van der Waals surface area contributed by atoms with Gasteiger partial charge < -0.3 is 4.74 Å². The molecule has 1 aromatic heterocycles. The lowest BCUT2D eigenvalue weighted by atomic mass is 10.1. The molecule has 6 heteroatoms. The van der Waals surface area contributed by atoms with Crippen LogP contribution in [0.4, 0.5) is 4.39 Å². The number of benzene rings is 2. The minimum absolute atomic E-state index is 0.210. The van der Waals surface area contributed by atoms with Crippen LogP contribution < -0.4 is 4.74 Å². The molecule has 2 aromatic carbocycles. The van der Waals surface area contributed by atoms with Crippen LogP contribution in [0.3, 0.4) is 0 Å². The monoisotopic (exact) mass is 317 g/mol. The van der Waals surface area contributed by atoms with E-state index in [4.69, 9.17) is 16.3 Å². The van der Waals surface area contributed by atoms with Gasteiger partial charge >= 0.3 is 0 Å². The van der Waals surface area contributed by atoms with Crippen molar-refractivity contribution in [1.82, 2.24) is 15.0 Å². The second-order valence-corrected chi connectivity index (χ2v) is 4.91. The lowest BCUT2D eigenvalue weighted by Gasteiger charge is -2.09. The molecule has 0 bridgehead atoms. The summed E-state index contributed by atoms with van der Waals surface area (Å²) in [4.78, 5) is 0. The number of ether oxygens (including phenoxy) is 1. The Bertz CT molecular complexity index is 804. The number of halogens is 2. The van der Waals surface area contributed by atoms with Crippen LogP contribution in [-0.4, -0.2) is 22.1 Å². The average Bonchev–Trinajstić information content (AvgIpc) is 2.99. The number of hydrogen-bond donors (Lipinski definition) is 0. The number of rotatable bonds is 4. The molecule has 3 aromatic rings. The molecule has 0 radical (unpaired) electrons. The van der Waals surface area contributed by atoms with Crippen molar-refractivity contribution in [3.05, 3.63) is 60.0 Å². The highest BCUT2D eigenvalue weighted by molar-refractivity contribution is 6.17. The van der Waals surface area contributed by atoms with Gasteiger partial charge in [-0.3, -0.25) is 0 Å². The van der Waals surface area contributed by atoms with Gasteiger partial charge in [0, 0.05) is 5.56 Å². The third kappa shape index (κ3) is 2.67. The number of nitrogens with zero attached hydrogens (tertiary/aromatic N) is 3. The van der Waals surface area contributed by atoms with Gasteiger partial charge in [-0.1, -0.05) is 23.4 Å². The molecule has 0 aliphatic rings. The quantitative estimate of drug-likeness (QED) is 0.687. The first-order chi connectivity index (χ1) is 10.7. The first-order valence-corrected chi connectivity index (χ1v) is 7.17. The third-order valence-corrected chi connectivity index (χ3v) is 3.52. The second kappa shape index (κ2) is 6.15. The van der Waals surface area contributed by atoms with Crippen LogP contribution >= 0.6 is 11.6 Å². The van der Waals surface area contributed by atoms with Gasteiger partial charge in [0.2, 0.25) is 0 Å². The van der Waals surface area contributed by atoms with Crippen molar-refractivity contribution in [3.8, 4) is 22.7 Å². The minimum atomic E-state index is -0.336. The highest BCUT2D eigenvalue weighted by atomic mass is 35.5. The summed E-state index contributed by atoms with van der Waals surface area (Å²) in [6.07, 6.45) is 0. The lowest BCUT2D eigenvalue weighted by molar-refractivity contribution is 0.415. The van der Waals surface area contributed by atoms with E-state index in [-0.39, 0.29) is 11.7 Å². The van der Waals surface area contributed by atoms with Crippen molar-refractivity contribution in [1.29, 1.82) is 0 Å². The first kappa shape index (κ1) is 14.5. The molecule has 0 N–H and O–H groups in total. The largest absolute Gasteiger partial charge is 0.497 e. The molecule has 0 saturated carbocycles. The molecular formula is C16H13ClFN3O. The van der Waals surface area contributed by atoms with Gasteiger partial charge in [0.25, 0.3) is 0 Å². The van der Waals surface area contributed by atoms with Gasteiger partial charge in [-0.25, -0.2) is 9.07 Å². The molecule has 0 unspecified atom stereocenters. The van der Waals surface area contributed by atoms with E-state index in [0.717, 1.165) is 11.3 Å². The van der Waals surface area contributed by atoms with Crippen molar-refractivity contribution < 1.29 is 9.13 Å². The Labute approximate surface area is 132 Å². The fourth-order valence-corrected chi connectivity index (χ4v) is 2.43. The number of hydrogen-bond acceptors (Lipinski definition) is 3. The molecule has 0 amide bonds. The Hall–Kier alpha value is -2.40. The van der Waals surface area contributed by atoms with Crippen LogP contribution in [-0.2, 0) is 5.88 Å². The fourth-order valence-electron chi connectivity index (χ4n) is 2.25. The van der Waals surface area contributed by atoms with E-state index < -0.39 is 0 Å². The Morgan fingerprint density at radius 2 is 2.00 bits per heavy atom. The minimum Gasteiger partial charge on any atom is -0.497 e. The maximum atomic E-state index is 13.5. The standard InChI is InChI=1S/C16H13ClFN3O/c1-22-14-7-2-4-11(8-14)16-15(10-17)19-20-21(16)13-6-3-5-12(18)9-13/h2-9H,10H2,1H3. The summed E-state index contributed by atoms with van der Waals surface area (Å²) in [6, 6.07) is 13.7. The van der Waals surface area contributed by atoms with E-state index in [1.54, 1.807) is 23.9 Å². The van der Waals surface area contributed by atoms with E-state index in [1.165, 1.54) is 12.1 Å². The summed E-state index contributed by atoms with van der Waals surface area (Å²) in [5, 5.41) is 8.20. The number of alkyl halides is 1. The summed E-state index contributed by atoms with van der Waals surface area (Å²) in [5.74, 6) is 0.587. The predicted molar refractivity (Wildman–Crippen MR) is 82.9 cm³/mol. The zero-order valence-electron chi connectivity index (χ0n) is 11.8. The molecule has 112 valence electrons. The summed E-state index contributed by atoms with van der Waals surface area (Å²) in [6.45, 7) is 0. The first-order valence-electron chi connectivity index (χ1n) is 6.64. The van der Waals surface area contributed by atoms with Gasteiger partial charge in [-0.05, 0) is 30.3 Å². The van der Waals surface area contributed by atoms with Crippen molar-refractivity contribution in [3.63, 3.8) is 0 Å². The van der Waals surface area contributed by atoms with E-state index in [0.29, 0.717) is 17.1 Å². The Morgan fingerprint density at radius 1 is 1.18 bits per heavy atom. The van der Waals surface area contributed by atoms with Crippen LogP contribution in [0.25, 0.3) is 16.9 Å². The van der Waals surface area contributed by atoms with Gasteiger partial charge in [-0.2, -0.15) is 0 Å². The summed E-state index contributed by atoms with van der Waals surface area (Å²) in [7, 11) is 1.60. The molecule has 0 aliphatic carbocycles. The van der Waals surface area contributed by atoms with Crippen LogP contribution in [0.2, 0.25) is 0 Å². The molecular weight excluding hydrogens is 305 g/mol. The Morgan fingerprint density at radius 3 is 2.73 bits per heavy atom. The Balaban J connectivity index is 2.19. The number of methoxy groups -OCH3 is 1. The van der Waals surface area contributed by atoms with Gasteiger partial charge in [-0.15, -0.1) is 16.7 Å². The van der Waals surface area contributed by atoms with Crippen LogP contribution in [0.15, 0.2) is 48.5 Å². The highest BCUT2D eigenvalue weighted by Gasteiger charge is 2.16. The molecule has 0 spiro atoms. The zero-order valence-corrected chi connectivity index (χ0v) is 12.6. The maximum absolute atomic E-state index is 13.5. The van der Waals surface area contributed by atoms with Gasteiger partial charge in [0.1, 0.15) is 17.3 Å². The summed E-state index contributed by atoms with van der Waals surface area (Å²) >= 11 is 5.97. The van der Waals surface area contributed by atoms with E-state index in [1.807, 2.05) is 24.3 Å². The van der Waals surface area contributed by atoms with Crippen molar-refractivity contribution in [2.24, 2.45) is 0 Å². The van der Waals surface area contributed by atoms with Crippen molar-refractivity contribution >= 4 is 11.6 Å². The number of aromatic nitrogens is 3. The molecule has 0 saturated heterocycles. The van der Waals surface area contributed by atoms with Gasteiger partial charge in [0.05, 0.1) is 24.4 Å². The lowest BCUT2D eigenvalue weighted by Crippen LogP contribution is -2.00.